The van der Waals surface area contributed by atoms with E-state index in [0.29, 0.717) is 0 Å². The van der Waals surface area contributed by atoms with E-state index in [-0.39, 0.29) is 23.5 Å². The molecular weight excluding hydrogens is 194 g/mol. The van der Waals surface area contributed by atoms with E-state index in [0.717, 1.165) is 0 Å². The molecule has 63 valence electrons. The third kappa shape index (κ3) is 7.31. The maximum atomic E-state index is 9.80. The van der Waals surface area contributed by atoms with E-state index in [1.165, 1.54) is 0 Å². The van der Waals surface area contributed by atoms with Crippen molar-refractivity contribution in [2.45, 2.75) is 18.9 Å². The van der Waals surface area contributed by atoms with Crippen LogP contribution in [0.5, 0.6) is 0 Å². The summed E-state index contributed by atoms with van der Waals surface area (Å²) in [6, 6.07) is -1.46. The van der Waals surface area contributed by atoms with Crippen LogP contribution in [0.4, 0.5) is 0 Å². The van der Waals surface area contributed by atoms with Gasteiger partial charge in [-0.3, -0.25) is 0 Å². The molecule has 0 aromatic carbocycles. The Bertz CT molecular complexity index is 149. The smallest absolute Gasteiger partial charge is 0.670 e. The minimum atomic E-state index is -1.55. The van der Waals surface area contributed by atoms with E-state index < -0.39 is 24.4 Å². The molecular formula is C5H6FeNO4. The molecule has 6 heteroatoms. The van der Waals surface area contributed by atoms with Gasteiger partial charge in [-0.05, 0) is 6.42 Å². The summed E-state index contributed by atoms with van der Waals surface area (Å²) in [4.78, 5) is 19.5. The van der Waals surface area contributed by atoms with Gasteiger partial charge in [-0.1, -0.05) is 12.5 Å². The van der Waals surface area contributed by atoms with Gasteiger partial charge in [0.2, 0.25) is 0 Å². The number of carboxylic acids is 2. The average Bonchev–Trinajstić information content (AvgIpc) is 1.82. The Balaban J connectivity index is 0. The molecule has 0 saturated carbocycles. The first kappa shape index (κ1) is 13.0. The molecule has 0 aliphatic rings. The number of carbonyl (C=O) groups is 2. The molecule has 0 amide bonds. The molecule has 0 aromatic rings. The van der Waals surface area contributed by atoms with Crippen molar-refractivity contribution in [1.29, 1.82) is 0 Å². The molecule has 0 aliphatic carbocycles. The topological polar surface area (TPSA) is 104 Å². The standard InChI is InChI=1S/C5H8NO4.Fe/c6-3(5(9)10)1-2-4(7)8;/h3,6H,1-2H2,(H,7,8)(H,9,10);/q-1;+3/p-2. The largest absolute Gasteiger partial charge is 3.00 e. The van der Waals surface area contributed by atoms with Crippen LogP contribution in [0.3, 0.4) is 0 Å². The van der Waals surface area contributed by atoms with E-state index in [2.05, 4.69) is 0 Å². The second-order valence-corrected chi connectivity index (χ2v) is 1.78. The maximum Gasteiger partial charge on any atom is 3.00 e. The van der Waals surface area contributed by atoms with Crippen molar-refractivity contribution in [2.75, 3.05) is 0 Å². The summed E-state index contributed by atoms with van der Waals surface area (Å²) in [5.41, 5.74) is 6.67. The van der Waals surface area contributed by atoms with Crippen molar-refractivity contribution >= 4 is 11.9 Å². The van der Waals surface area contributed by atoms with Crippen LogP contribution < -0.4 is 10.2 Å². The molecule has 0 rings (SSSR count). The van der Waals surface area contributed by atoms with Crippen LogP contribution in [-0.4, -0.2) is 18.0 Å². The molecule has 5 nitrogen and oxygen atoms in total. The fraction of sp³-hybridized carbons (Fsp3) is 0.600. The van der Waals surface area contributed by atoms with E-state index in [1.807, 2.05) is 0 Å². The molecule has 1 radical (unpaired) electrons. The SMILES string of the molecule is [Fe+3].[NH-]C(CCC(=O)[O-])C(=O)[O-]. The van der Waals surface area contributed by atoms with Gasteiger partial charge in [0.25, 0.3) is 0 Å². The van der Waals surface area contributed by atoms with Gasteiger partial charge in [-0.25, -0.2) is 0 Å². The molecule has 1 unspecified atom stereocenters. The molecule has 11 heavy (non-hydrogen) atoms. The molecule has 0 fully saturated rings. The minimum Gasteiger partial charge on any atom is -0.670 e. The average molecular weight is 200 g/mol. The van der Waals surface area contributed by atoms with Gasteiger partial charge < -0.3 is 25.5 Å². The summed E-state index contributed by atoms with van der Waals surface area (Å²) >= 11 is 0. The van der Waals surface area contributed by atoms with Gasteiger partial charge in [-0.2, -0.15) is 0 Å². The fourth-order valence-corrected chi connectivity index (χ4v) is 0.380. The van der Waals surface area contributed by atoms with E-state index in [4.69, 9.17) is 5.73 Å². The number of hydrogen-bond acceptors (Lipinski definition) is 4. The Kier molecular flexibility index (Phi) is 7.29. The van der Waals surface area contributed by atoms with Gasteiger partial charge >= 0.3 is 17.1 Å². The predicted octanol–water partition coefficient (Wildman–Crippen LogP) is -2.32. The van der Waals surface area contributed by atoms with E-state index >= 15 is 0 Å². The van der Waals surface area contributed by atoms with Crippen LogP contribution in [0.15, 0.2) is 0 Å². The number of aliphatic carboxylic acids is 2. The van der Waals surface area contributed by atoms with Crippen molar-refractivity contribution in [3.05, 3.63) is 5.73 Å². The molecule has 1 atom stereocenters. The summed E-state index contributed by atoms with van der Waals surface area (Å²) in [5.74, 6) is -2.90. The maximum absolute atomic E-state index is 9.80. The first-order valence-corrected chi connectivity index (χ1v) is 2.66. The van der Waals surface area contributed by atoms with Crippen LogP contribution in [0.2, 0.25) is 0 Å². The number of carboxylic acid groups (broad SMARTS) is 2. The van der Waals surface area contributed by atoms with Gasteiger partial charge in [-0.15, -0.1) is 0 Å². The van der Waals surface area contributed by atoms with Gasteiger partial charge in [0.05, 0.1) is 0 Å². The van der Waals surface area contributed by atoms with E-state index in [1.54, 1.807) is 0 Å². The van der Waals surface area contributed by atoms with Crippen LogP contribution >= 0.6 is 0 Å². The van der Waals surface area contributed by atoms with Crippen molar-refractivity contribution in [2.24, 2.45) is 0 Å². The quantitative estimate of drug-likeness (QED) is 0.475. The first-order valence-electron chi connectivity index (χ1n) is 2.66. The molecule has 0 aromatic heterocycles. The molecule has 1 N–H and O–H groups in total. The Morgan fingerprint density at radius 2 is 1.82 bits per heavy atom. The second kappa shape index (κ2) is 6.15. The first-order chi connectivity index (χ1) is 4.54. The number of nitrogens with one attached hydrogen (secondary N) is 1. The van der Waals surface area contributed by atoms with Crippen LogP contribution in [-0.2, 0) is 26.7 Å². The summed E-state index contributed by atoms with van der Waals surface area (Å²) in [6.07, 6.45) is -0.674. The third-order valence-electron chi connectivity index (χ3n) is 0.922. The predicted molar refractivity (Wildman–Crippen MR) is 27.4 cm³/mol. The summed E-state index contributed by atoms with van der Waals surface area (Å²) in [5, 5.41) is 19.5. The Labute approximate surface area is 74.0 Å². The zero-order chi connectivity index (χ0) is 8.15. The monoisotopic (exact) mass is 200 g/mol. The van der Waals surface area contributed by atoms with Crippen molar-refractivity contribution in [1.82, 2.24) is 0 Å². The third-order valence-corrected chi connectivity index (χ3v) is 0.922. The van der Waals surface area contributed by atoms with Crippen LogP contribution in [0.1, 0.15) is 12.8 Å². The van der Waals surface area contributed by atoms with Crippen molar-refractivity contribution in [3.8, 4) is 0 Å². The molecule has 0 aliphatic heterocycles. The molecule has 0 spiro atoms. The molecule has 0 saturated heterocycles. The van der Waals surface area contributed by atoms with Crippen LogP contribution in [0.25, 0.3) is 5.73 Å². The Morgan fingerprint density at radius 1 is 1.36 bits per heavy atom. The van der Waals surface area contributed by atoms with Crippen molar-refractivity contribution in [3.63, 3.8) is 0 Å². The van der Waals surface area contributed by atoms with Gasteiger partial charge in [0, 0.05) is 11.9 Å². The van der Waals surface area contributed by atoms with Crippen LogP contribution in [0, 0.1) is 0 Å². The Hall–Kier alpha value is -0.581. The fourth-order valence-electron chi connectivity index (χ4n) is 0.380. The van der Waals surface area contributed by atoms with Gasteiger partial charge in [0.15, 0.2) is 0 Å². The number of hydrogen-bond donors (Lipinski definition) is 0. The van der Waals surface area contributed by atoms with Gasteiger partial charge in [0.1, 0.15) is 0 Å². The summed E-state index contributed by atoms with van der Waals surface area (Å²) in [6.45, 7) is 0. The number of rotatable bonds is 4. The Morgan fingerprint density at radius 3 is 2.09 bits per heavy atom. The molecule has 0 heterocycles. The zero-order valence-corrected chi connectivity index (χ0v) is 6.58. The summed E-state index contributed by atoms with van der Waals surface area (Å²) < 4.78 is 0. The summed E-state index contributed by atoms with van der Waals surface area (Å²) in [7, 11) is 0. The molecule has 0 bridgehead atoms. The van der Waals surface area contributed by atoms with Crippen molar-refractivity contribution < 1.29 is 36.9 Å². The normalized spacial score (nSPS) is 11.4. The zero-order valence-electron chi connectivity index (χ0n) is 5.48. The van der Waals surface area contributed by atoms with E-state index in [9.17, 15) is 19.8 Å². The minimum absolute atomic E-state index is 0. The second-order valence-electron chi connectivity index (χ2n) is 1.78. The number of carbonyl (C=O) groups excluding carboxylic acids is 2.